The zero-order valence-electron chi connectivity index (χ0n) is 9.02. The van der Waals surface area contributed by atoms with E-state index in [-0.39, 0.29) is 11.3 Å². The van der Waals surface area contributed by atoms with E-state index in [0.29, 0.717) is 6.54 Å². The van der Waals surface area contributed by atoms with Crippen molar-refractivity contribution in [2.24, 2.45) is 17.1 Å². The van der Waals surface area contributed by atoms with Crippen LogP contribution in [0.3, 0.4) is 0 Å². The maximum absolute atomic E-state index is 10.3. The fraction of sp³-hybridized carbons (Fsp3) is 1.00. The van der Waals surface area contributed by atoms with E-state index in [1.807, 2.05) is 20.8 Å². The zero-order valence-corrected chi connectivity index (χ0v) is 9.02. The SMILES string of the molecule is CCC(C)C(O)(CN)C(C)(C)C. The van der Waals surface area contributed by atoms with Crippen molar-refractivity contribution in [3.63, 3.8) is 0 Å². The Morgan fingerprint density at radius 3 is 1.83 bits per heavy atom. The molecular weight excluding hydrogens is 150 g/mol. The Morgan fingerprint density at radius 2 is 1.75 bits per heavy atom. The van der Waals surface area contributed by atoms with Crippen LogP contribution in [0, 0.1) is 11.3 Å². The van der Waals surface area contributed by atoms with Crippen LogP contribution in [0.25, 0.3) is 0 Å². The highest BCUT2D eigenvalue weighted by Gasteiger charge is 2.42. The quantitative estimate of drug-likeness (QED) is 0.683. The van der Waals surface area contributed by atoms with Crippen LogP contribution in [-0.4, -0.2) is 17.3 Å². The van der Waals surface area contributed by atoms with Crippen LogP contribution in [0.1, 0.15) is 41.0 Å². The summed E-state index contributed by atoms with van der Waals surface area (Å²) < 4.78 is 0. The smallest absolute Gasteiger partial charge is 0.0842 e. The normalized spacial score (nSPS) is 20.2. The predicted molar refractivity (Wildman–Crippen MR) is 52.9 cm³/mol. The number of rotatable bonds is 3. The second kappa shape index (κ2) is 3.75. The van der Waals surface area contributed by atoms with Crippen LogP contribution in [0.4, 0.5) is 0 Å². The third-order valence-corrected chi connectivity index (χ3v) is 3.04. The van der Waals surface area contributed by atoms with Gasteiger partial charge in [0.1, 0.15) is 0 Å². The highest BCUT2D eigenvalue weighted by molar-refractivity contribution is 4.94. The first-order valence-electron chi connectivity index (χ1n) is 4.72. The number of nitrogens with two attached hydrogens (primary N) is 1. The lowest BCUT2D eigenvalue weighted by Gasteiger charge is -2.43. The third kappa shape index (κ3) is 1.99. The van der Waals surface area contributed by atoms with Crippen molar-refractivity contribution in [2.75, 3.05) is 6.54 Å². The van der Waals surface area contributed by atoms with E-state index in [2.05, 4.69) is 13.8 Å². The van der Waals surface area contributed by atoms with E-state index in [4.69, 9.17) is 5.73 Å². The van der Waals surface area contributed by atoms with Gasteiger partial charge in [0.05, 0.1) is 5.60 Å². The maximum Gasteiger partial charge on any atom is 0.0842 e. The van der Waals surface area contributed by atoms with Crippen molar-refractivity contribution < 1.29 is 5.11 Å². The van der Waals surface area contributed by atoms with E-state index in [1.54, 1.807) is 0 Å². The number of hydrogen-bond acceptors (Lipinski definition) is 2. The highest BCUT2D eigenvalue weighted by Crippen LogP contribution is 2.36. The van der Waals surface area contributed by atoms with Crippen LogP contribution in [0.2, 0.25) is 0 Å². The minimum Gasteiger partial charge on any atom is -0.388 e. The van der Waals surface area contributed by atoms with Gasteiger partial charge >= 0.3 is 0 Å². The van der Waals surface area contributed by atoms with Crippen molar-refractivity contribution in [3.05, 3.63) is 0 Å². The molecule has 2 heteroatoms. The molecule has 0 bridgehead atoms. The molecule has 0 aromatic carbocycles. The summed E-state index contributed by atoms with van der Waals surface area (Å²) >= 11 is 0. The Morgan fingerprint density at radius 1 is 1.33 bits per heavy atom. The Bertz CT molecular complexity index is 139. The van der Waals surface area contributed by atoms with E-state index in [9.17, 15) is 5.11 Å². The van der Waals surface area contributed by atoms with Gasteiger partial charge < -0.3 is 10.8 Å². The summed E-state index contributed by atoms with van der Waals surface area (Å²) in [5.41, 5.74) is 4.74. The molecule has 3 N–H and O–H groups in total. The molecule has 0 radical (unpaired) electrons. The summed E-state index contributed by atoms with van der Waals surface area (Å²) in [6.45, 7) is 10.6. The molecule has 0 amide bonds. The molecule has 0 aromatic heterocycles. The van der Waals surface area contributed by atoms with E-state index < -0.39 is 5.60 Å². The molecule has 0 fully saturated rings. The Hall–Kier alpha value is -0.0800. The third-order valence-electron chi connectivity index (χ3n) is 3.04. The molecule has 0 aromatic rings. The first-order valence-corrected chi connectivity index (χ1v) is 4.72. The molecule has 12 heavy (non-hydrogen) atoms. The minimum absolute atomic E-state index is 0.142. The molecule has 0 saturated carbocycles. The lowest BCUT2D eigenvalue weighted by molar-refractivity contribution is -0.0923. The predicted octanol–water partition coefficient (Wildman–Crippen LogP) is 1.77. The lowest BCUT2D eigenvalue weighted by atomic mass is 9.68. The average molecular weight is 173 g/mol. The highest BCUT2D eigenvalue weighted by atomic mass is 16.3. The van der Waals surface area contributed by atoms with Gasteiger partial charge in [0, 0.05) is 6.54 Å². The second-order valence-corrected chi connectivity index (χ2v) is 4.69. The van der Waals surface area contributed by atoms with Crippen LogP contribution in [0.15, 0.2) is 0 Å². The largest absolute Gasteiger partial charge is 0.388 e. The molecule has 0 aliphatic carbocycles. The maximum atomic E-state index is 10.3. The first-order chi connectivity index (χ1) is 5.29. The zero-order chi connectivity index (χ0) is 9.99. The molecule has 2 nitrogen and oxygen atoms in total. The summed E-state index contributed by atoms with van der Waals surface area (Å²) in [6, 6.07) is 0. The van der Waals surface area contributed by atoms with E-state index in [1.165, 1.54) is 0 Å². The van der Waals surface area contributed by atoms with Crippen molar-refractivity contribution in [2.45, 2.75) is 46.6 Å². The molecule has 2 unspecified atom stereocenters. The first kappa shape index (κ1) is 11.9. The molecule has 0 heterocycles. The molecule has 74 valence electrons. The van der Waals surface area contributed by atoms with Gasteiger partial charge in [0.25, 0.3) is 0 Å². The van der Waals surface area contributed by atoms with Gasteiger partial charge in [-0.3, -0.25) is 0 Å². The Labute approximate surface area is 76.2 Å². The summed E-state index contributed by atoms with van der Waals surface area (Å²) in [5.74, 6) is 0.252. The summed E-state index contributed by atoms with van der Waals surface area (Å²) in [6.07, 6.45) is 0.963. The van der Waals surface area contributed by atoms with E-state index in [0.717, 1.165) is 6.42 Å². The minimum atomic E-state index is -0.734. The monoisotopic (exact) mass is 173 g/mol. The second-order valence-electron chi connectivity index (χ2n) is 4.69. The lowest BCUT2D eigenvalue weighted by Crippen LogP contribution is -2.53. The van der Waals surface area contributed by atoms with Crippen molar-refractivity contribution in [3.8, 4) is 0 Å². The van der Waals surface area contributed by atoms with Gasteiger partial charge in [-0.25, -0.2) is 0 Å². The summed E-state index contributed by atoms with van der Waals surface area (Å²) in [5, 5.41) is 10.3. The molecule has 0 saturated heterocycles. The van der Waals surface area contributed by atoms with Crippen LogP contribution in [0.5, 0.6) is 0 Å². The molecule has 0 rings (SSSR count). The average Bonchev–Trinajstić information content (AvgIpc) is 1.99. The topological polar surface area (TPSA) is 46.2 Å². The van der Waals surface area contributed by atoms with Gasteiger partial charge in [-0.1, -0.05) is 41.0 Å². The van der Waals surface area contributed by atoms with E-state index >= 15 is 0 Å². The van der Waals surface area contributed by atoms with Gasteiger partial charge in [-0.05, 0) is 11.3 Å². The van der Waals surface area contributed by atoms with Gasteiger partial charge in [-0.15, -0.1) is 0 Å². The molecule has 0 spiro atoms. The fourth-order valence-electron chi connectivity index (χ4n) is 1.58. The van der Waals surface area contributed by atoms with Gasteiger partial charge in [0.15, 0.2) is 0 Å². The Kier molecular flexibility index (Phi) is 3.73. The van der Waals surface area contributed by atoms with Crippen LogP contribution < -0.4 is 5.73 Å². The van der Waals surface area contributed by atoms with Gasteiger partial charge in [0.2, 0.25) is 0 Å². The number of aliphatic hydroxyl groups is 1. The standard InChI is InChI=1S/C10H23NO/c1-6-8(2)10(12,7-11)9(3,4)5/h8,12H,6-7,11H2,1-5H3. The van der Waals surface area contributed by atoms with Crippen molar-refractivity contribution in [1.82, 2.24) is 0 Å². The molecule has 2 atom stereocenters. The molecular formula is C10H23NO. The summed E-state index contributed by atoms with van der Waals surface area (Å²) in [4.78, 5) is 0. The van der Waals surface area contributed by atoms with Crippen LogP contribution in [-0.2, 0) is 0 Å². The van der Waals surface area contributed by atoms with Crippen LogP contribution >= 0.6 is 0 Å². The molecule has 0 aliphatic rings. The fourth-order valence-corrected chi connectivity index (χ4v) is 1.58. The Balaban J connectivity index is 4.67. The van der Waals surface area contributed by atoms with Crippen molar-refractivity contribution >= 4 is 0 Å². The van der Waals surface area contributed by atoms with Gasteiger partial charge in [-0.2, -0.15) is 0 Å². The number of hydrogen-bond donors (Lipinski definition) is 2. The summed E-state index contributed by atoms with van der Waals surface area (Å²) in [7, 11) is 0. The molecule has 0 aliphatic heterocycles. The van der Waals surface area contributed by atoms with Crippen molar-refractivity contribution in [1.29, 1.82) is 0 Å².